The Kier molecular flexibility index (Phi) is 7.25. The summed E-state index contributed by atoms with van der Waals surface area (Å²) in [6, 6.07) is 18.9. The smallest absolute Gasteiger partial charge is 0.255 e. The molecule has 3 aromatic carbocycles. The molecule has 0 radical (unpaired) electrons. The molecule has 1 unspecified atom stereocenters. The van der Waals surface area contributed by atoms with Crippen molar-refractivity contribution in [2.24, 2.45) is 5.92 Å². The lowest BCUT2D eigenvalue weighted by Gasteiger charge is -2.32. The number of carbonyl (C=O) groups excluding carboxylic acids is 4. The summed E-state index contributed by atoms with van der Waals surface area (Å²) in [5, 5.41) is 7.74. The van der Waals surface area contributed by atoms with Crippen molar-refractivity contribution in [3.05, 3.63) is 89.7 Å². The summed E-state index contributed by atoms with van der Waals surface area (Å²) >= 11 is 0. The second-order valence-electron chi connectivity index (χ2n) is 11.7. The number of amides is 4. The predicted octanol–water partition coefficient (Wildman–Crippen LogP) is 3.70. The normalized spacial score (nSPS) is 18.8. The Hall–Kier alpha value is -5.12. The fourth-order valence-electron chi connectivity index (χ4n) is 6.49. The van der Waals surface area contributed by atoms with Crippen molar-refractivity contribution in [1.82, 2.24) is 25.5 Å². The van der Waals surface area contributed by atoms with Crippen LogP contribution in [0.5, 0.6) is 0 Å². The molecule has 3 aliphatic rings. The van der Waals surface area contributed by atoms with E-state index in [1.807, 2.05) is 24.5 Å². The SMILES string of the molecule is O=C1CCC(N2Cc3cc(C(=O)NCC4CCN(c5ncc(-c6cccc7ccccc67)cn5)CC4)ccc3C2=O)C(=O)N1. The quantitative estimate of drug-likeness (QED) is 0.329. The average Bonchev–Trinajstić information content (AvgIpc) is 3.38. The Balaban J connectivity index is 0.922. The van der Waals surface area contributed by atoms with Gasteiger partial charge in [0, 0.05) is 61.7 Å². The van der Waals surface area contributed by atoms with E-state index in [0.29, 0.717) is 35.6 Å². The first-order valence-corrected chi connectivity index (χ1v) is 15.1. The first kappa shape index (κ1) is 27.7. The van der Waals surface area contributed by atoms with Gasteiger partial charge in [0.1, 0.15) is 6.04 Å². The molecule has 1 atom stereocenters. The monoisotopic (exact) mass is 588 g/mol. The number of benzene rings is 3. The van der Waals surface area contributed by atoms with Crippen LogP contribution in [-0.2, 0) is 16.1 Å². The molecule has 0 spiro atoms. The van der Waals surface area contributed by atoms with Crippen molar-refractivity contribution in [3.8, 4) is 11.1 Å². The van der Waals surface area contributed by atoms with Crippen molar-refractivity contribution < 1.29 is 19.2 Å². The van der Waals surface area contributed by atoms with Gasteiger partial charge in [0.25, 0.3) is 11.8 Å². The zero-order chi connectivity index (χ0) is 30.2. The van der Waals surface area contributed by atoms with E-state index in [2.05, 4.69) is 55.8 Å². The molecule has 1 aromatic heterocycles. The Morgan fingerprint density at radius 2 is 1.68 bits per heavy atom. The van der Waals surface area contributed by atoms with E-state index >= 15 is 0 Å². The van der Waals surface area contributed by atoms with Gasteiger partial charge in [-0.15, -0.1) is 0 Å². The van der Waals surface area contributed by atoms with Gasteiger partial charge < -0.3 is 15.1 Å². The van der Waals surface area contributed by atoms with Crippen LogP contribution in [0.3, 0.4) is 0 Å². The van der Waals surface area contributed by atoms with E-state index in [1.165, 1.54) is 15.7 Å². The highest BCUT2D eigenvalue weighted by Crippen LogP contribution is 2.30. The number of rotatable bonds is 6. The molecule has 2 fully saturated rings. The predicted molar refractivity (Wildman–Crippen MR) is 165 cm³/mol. The highest BCUT2D eigenvalue weighted by atomic mass is 16.2. The van der Waals surface area contributed by atoms with Gasteiger partial charge in [-0.1, -0.05) is 42.5 Å². The summed E-state index contributed by atoms with van der Waals surface area (Å²) < 4.78 is 0. The summed E-state index contributed by atoms with van der Waals surface area (Å²) in [6.07, 6.45) is 6.12. The van der Waals surface area contributed by atoms with Crippen molar-refractivity contribution in [3.63, 3.8) is 0 Å². The number of nitrogens with zero attached hydrogens (tertiary/aromatic N) is 4. The van der Waals surface area contributed by atoms with E-state index in [-0.39, 0.29) is 30.7 Å². The number of hydrogen-bond acceptors (Lipinski definition) is 7. The van der Waals surface area contributed by atoms with Gasteiger partial charge in [0.05, 0.1) is 0 Å². The summed E-state index contributed by atoms with van der Waals surface area (Å²) in [5.41, 5.74) is 3.80. The largest absolute Gasteiger partial charge is 0.352 e. The van der Waals surface area contributed by atoms with Gasteiger partial charge in [0.2, 0.25) is 17.8 Å². The topological polar surface area (TPSA) is 125 Å². The van der Waals surface area contributed by atoms with Crippen LogP contribution >= 0.6 is 0 Å². The van der Waals surface area contributed by atoms with Gasteiger partial charge in [-0.2, -0.15) is 0 Å². The molecular weight excluding hydrogens is 556 g/mol. The summed E-state index contributed by atoms with van der Waals surface area (Å²) in [4.78, 5) is 62.8. The van der Waals surface area contributed by atoms with E-state index in [4.69, 9.17) is 0 Å². The van der Waals surface area contributed by atoms with Crippen LogP contribution in [0.15, 0.2) is 73.1 Å². The number of carbonyl (C=O) groups is 4. The van der Waals surface area contributed by atoms with Crippen molar-refractivity contribution in [2.45, 2.75) is 38.3 Å². The van der Waals surface area contributed by atoms with Gasteiger partial charge in [-0.25, -0.2) is 9.97 Å². The van der Waals surface area contributed by atoms with Crippen LogP contribution in [0, 0.1) is 5.92 Å². The van der Waals surface area contributed by atoms with Gasteiger partial charge >= 0.3 is 0 Å². The van der Waals surface area contributed by atoms with Crippen LogP contribution in [0.4, 0.5) is 5.95 Å². The average molecular weight is 589 g/mol. The van der Waals surface area contributed by atoms with Gasteiger partial charge in [0.15, 0.2) is 0 Å². The molecule has 4 amide bonds. The van der Waals surface area contributed by atoms with Crippen LogP contribution in [0.25, 0.3) is 21.9 Å². The lowest BCUT2D eigenvalue weighted by molar-refractivity contribution is -0.136. The number of imide groups is 1. The lowest BCUT2D eigenvalue weighted by atomic mass is 9.96. The third-order valence-electron chi connectivity index (χ3n) is 8.97. The number of fused-ring (bicyclic) bond motifs is 2. The second kappa shape index (κ2) is 11.5. The minimum Gasteiger partial charge on any atom is -0.352 e. The van der Waals surface area contributed by atoms with Crippen molar-refractivity contribution >= 4 is 40.3 Å². The molecule has 2 saturated heterocycles. The maximum absolute atomic E-state index is 13.0. The lowest BCUT2D eigenvalue weighted by Crippen LogP contribution is -2.52. The van der Waals surface area contributed by atoms with Gasteiger partial charge in [-0.3, -0.25) is 24.5 Å². The maximum Gasteiger partial charge on any atom is 0.255 e. The van der Waals surface area contributed by atoms with E-state index in [1.54, 1.807) is 18.2 Å². The zero-order valence-corrected chi connectivity index (χ0v) is 24.2. The number of hydrogen-bond donors (Lipinski definition) is 2. The van der Waals surface area contributed by atoms with Gasteiger partial charge in [-0.05, 0) is 65.3 Å². The Morgan fingerprint density at radius 3 is 2.48 bits per heavy atom. The third kappa shape index (κ3) is 5.27. The number of anilines is 1. The molecule has 4 heterocycles. The zero-order valence-electron chi connectivity index (χ0n) is 24.2. The Labute approximate surface area is 254 Å². The molecule has 10 heteroatoms. The van der Waals surface area contributed by atoms with Crippen LogP contribution < -0.4 is 15.5 Å². The Morgan fingerprint density at radius 1 is 0.909 bits per heavy atom. The number of aromatic nitrogens is 2. The minimum absolute atomic E-state index is 0.186. The first-order chi connectivity index (χ1) is 21.4. The van der Waals surface area contributed by atoms with Crippen molar-refractivity contribution in [1.29, 1.82) is 0 Å². The summed E-state index contributed by atoms with van der Waals surface area (Å²) in [7, 11) is 0. The molecule has 10 nitrogen and oxygen atoms in total. The second-order valence-corrected chi connectivity index (χ2v) is 11.7. The molecule has 2 N–H and O–H groups in total. The standard InChI is InChI=1S/C34H32N6O4/c41-30-11-10-29(32(43)38-30)40-20-24-16-23(8-9-28(24)33(40)44)31(42)35-17-21-12-14-39(15-13-21)34-36-18-25(19-37-34)27-7-3-5-22-4-1-2-6-26(22)27/h1-9,16,18-19,21,29H,10-15,17,20H2,(H,35,42)(H,38,41,43). The summed E-state index contributed by atoms with van der Waals surface area (Å²) in [6.45, 7) is 2.42. The van der Waals surface area contributed by atoms with E-state index < -0.39 is 11.9 Å². The minimum atomic E-state index is -0.678. The van der Waals surface area contributed by atoms with Crippen LogP contribution in [0.1, 0.15) is 52.0 Å². The first-order valence-electron chi connectivity index (χ1n) is 15.1. The Bertz CT molecular complexity index is 1780. The fraction of sp³-hybridized carbons (Fsp3) is 0.294. The molecule has 4 aromatic rings. The highest BCUT2D eigenvalue weighted by Gasteiger charge is 2.39. The van der Waals surface area contributed by atoms with Crippen LogP contribution in [-0.4, -0.2) is 64.2 Å². The molecule has 0 aliphatic carbocycles. The molecule has 0 bridgehead atoms. The van der Waals surface area contributed by atoms with E-state index in [0.717, 1.165) is 43.0 Å². The molecule has 222 valence electrons. The number of piperidine rings is 2. The number of nitrogens with one attached hydrogen (secondary N) is 2. The van der Waals surface area contributed by atoms with Crippen LogP contribution in [0.2, 0.25) is 0 Å². The molecule has 3 aliphatic heterocycles. The fourth-order valence-corrected chi connectivity index (χ4v) is 6.49. The van der Waals surface area contributed by atoms with E-state index in [9.17, 15) is 19.2 Å². The molecular formula is C34H32N6O4. The maximum atomic E-state index is 13.0. The highest BCUT2D eigenvalue weighted by molar-refractivity contribution is 6.06. The molecule has 44 heavy (non-hydrogen) atoms. The molecule has 0 saturated carbocycles. The molecule has 7 rings (SSSR count). The van der Waals surface area contributed by atoms with Crippen molar-refractivity contribution in [2.75, 3.05) is 24.5 Å². The third-order valence-corrected chi connectivity index (χ3v) is 8.97. The summed E-state index contributed by atoms with van der Waals surface area (Å²) in [5.74, 6) is -0.148.